The number of carbonyl (C=O) groups excluding carboxylic acids is 4. The molecule has 2 aliphatic rings. The molecule has 1 aliphatic carbocycles. The maximum atomic E-state index is 13.4. The van der Waals surface area contributed by atoms with E-state index in [0.717, 1.165) is 5.57 Å². The highest BCUT2D eigenvalue weighted by atomic mass is 16.6. The van der Waals surface area contributed by atoms with Crippen molar-refractivity contribution in [2.75, 3.05) is 21.3 Å². The normalized spacial score (nSPS) is 34.6. The summed E-state index contributed by atoms with van der Waals surface area (Å²) in [7, 11) is 4.64. The number of allylic oxidation sites excluding steroid dienone is 3. The van der Waals surface area contributed by atoms with Crippen molar-refractivity contribution >= 4 is 29.3 Å². The molecule has 0 spiro atoms. The quantitative estimate of drug-likeness (QED) is 0.515. The standard InChI is InChI=1S/C30H42N2O8/c1-16-10-9-11-17(2)29(35)32-23-15-21(33)14-22(25(23)34)27(38-7)20(5)13-24(37-6)28(39-8)19(4)12-18(3)26(16)40-30(31)36/h9-12,14,16,19-20,24,26-28H,13,15H2,1-8H3,(H2,31,36)/b10-9-,17-11+,18-12+,32-23?/t16-,19-,20-,24-,26+,27+,28+/m0/s1. The molecular weight excluding hydrogens is 516 g/mol. The van der Waals surface area contributed by atoms with E-state index in [4.69, 9.17) is 24.7 Å². The molecule has 10 nitrogen and oxygen atoms in total. The summed E-state index contributed by atoms with van der Waals surface area (Å²) in [4.78, 5) is 54.5. The number of nitrogens with two attached hydrogens (primary N) is 1. The van der Waals surface area contributed by atoms with Crippen molar-refractivity contribution in [2.45, 2.75) is 71.9 Å². The van der Waals surface area contributed by atoms with Crippen molar-refractivity contribution in [1.29, 1.82) is 0 Å². The van der Waals surface area contributed by atoms with Crippen LogP contribution in [-0.4, -0.2) is 75.0 Å². The van der Waals surface area contributed by atoms with Crippen molar-refractivity contribution in [2.24, 2.45) is 28.5 Å². The number of Topliss-reactive ketones (excluding diaryl/α,β-unsaturated/α-hetero) is 1. The Balaban J connectivity index is 2.66. The summed E-state index contributed by atoms with van der Waals surface area (Å²) in [5.74, 6) is -2.19. The molecule has 0 aromatic carbocycles. The zero-order chi connectivity index (χ0) is 30.1. The van der Waals surface area contributed by atoms with Crippen molar-refractivity contribution in [3.8, 4) is 0 Å². The minimum Gasteiger partial charge on any atom is -0.441 e. The summed E-state index contributed by atoms with van der Waals surface area (Å²) in [5, 5.41) is 0. The van der Waals surface area contributed by atoms with E-state index in [1.165, 1.54) is 13.2 Å². The molecule has 40 heavy (non-hydrogen) atoms. The summed E-state index contributed by atoms with van der Waals surface area (Å²) in [6, 6.07) is 0. The van der Waals surface area contributed by atoms with E-state index in [2.05, 4.69) is 4.99 Å². The first-order valence-electron chi connectivity index (χ1n) is 13.3. The molecule has 0 aromatic rings. The lowest BCUT2D eigenvalue weighted by atomic mass is 9.82. The van der Waals surface area contributed by atoms with E-state index < -0.39 is 42.2 Å². The molecule has 0 saturated carbocycles. The number of fused-ring (bicyclic) bond motifs is 2. The number of carbonyl (C=O) groups is 4. The number of hydrogen-bond donors (Lipinski definition) is 1. The van der Waals surface area contributed by atoms with Gasteiger partial charge in [0.05, 0.1) is 30.4 Å². The van der Waals surface area contributed by atoms with Crippen molar-refractivity contribution in [1.82, 2.24) is 0 Å². The predicted molar refractivity (Wildman–Crippen MR) is 151 cm³/mol. The Hall–Kier alpha value is -3.21. The lowest BCUT2D eigenvalue weighted by Crippen LogP contribution is -2.41. The molecule has 1 aliphatic heterocycles. The first kappa shape index (κ1) is 33.0. The molecule has 2 N–H and O–H groups in total. The third-order valence-electron chi connectivity index (χ3n) is 7.35. The van der Waals surface area contributed by atoms with Crippen LogP contribution in [0.1, 0.15) is 47.5 Å². The Labute approximate surface area is 236 Å². The number of ether oxygens (including phenoxy) is 4. The Morgan fingerprint density at radius 2 is 1.65 bits per heavy atom. The van der Waals surface area contributed by atoms with Gasteiger partial charge in [-0.2, -0.15) is 0 Å². The molecule has 10 heteroatoms. The van der Waals surface area contributed by atoms with E-state index in [9.17, 15) is 19.2 Å². The SMILES string of the molecule is CO[C@H]1[C@@H](OC)C[C@H](C)[C@@H](OC)C2=CC(=O)CC(=NC(=O)/C(C)=C/C=C\[C@H](C)[C@@H](OC(N)=O)/C(C)=C/[C@@H]1C)C2=O. The monoisotopic (exact) mass is 558 g/mol. The zero-order valence-corrected chi connectivity index (χ0v) is 24.6. The fourth-order valence-electron chi connectivity index (χ4n) is 5.33. The Kier molecular flexibility index (Phi) is 12.4. The first-order chi connectivity index (χ1) is 18.8. The minimum absolute atomic E-state index is 0.119. The van der Waals surface area contributed by atoms with Crippen LogP contribution in [0, 0.1) is 17.8 Å². The van der Waals surface area contributed by atoms with Crippen LogP contribution in [-0.2, 0) is 33.3 Å². The second kappa shape index (κ2) is 15.0. The molecule has 0 aromatic heterocycles. The van der Waals surface area contributed by atoms with E-state index in [0.29, 0.717) is 6.42 Å². The van der Waals surface area contributed by atoms with Gasteiger partial charge in [-0.3, -0.25) is 14.4 Å². The summed E-state index contributed by atoms with van der Waals surface area (Å²) < 4.78 is 22.9. The van der Waals surface area contributed by atoms with E-state index >= 15 is 0 Å². The van der Waals surface area contributed by atoms with Gasteiger partial charge in [0.15, 0.2) is 5.78 Å². The van der Waals surface area contributed by atoms with Gasteiger partial charge in [0, 0.05) is 44.3 Å². The number of nitrogens with zero attached hydrogens (tertiary/aromatic N) is 1. The Bertz CT molecular complexity index is 1130. The predicted octanol–water partition coefficient (Wildman–Crippen LogP) is 3.69. The summed E-state index contributed by atoms with van der Waals surface area (Å²) in [6.07, 6.45) is 5.27. The van der Waals surface area contributed by atoms with Gasteiger partial charge in [0.25, 0.3) is 5.91 Å². The smallest absolute Gasteiger partial charge is 0.405 e. The second-order valence-corrected chi connectivity index (χ2v) is 10.5. The Morgan fingerprint density at radius 3 is 2.23 bits per heavy atom. The second-order valence-electron chi connectivity index (χ2n) is 10.5. The molecular formula is C30H42N2O8. The zero-order valence-electron chi connectivity index (χ0n) is 24.6. The van der Waals surface area contributed by atoms with Crippen LogP contribution in [0.5, 0.6) is 0 Å². The van der Waals surface area contributed by atoms with Gasteiger partial charge in [-0.15, -0.1) is 0 Å². The van der Waals surface area contributed by atoms with Gasteiger partial charge in [0.1, 0.15) is 6.10 Å². The number of primary amides is 1. The third-order valence-corrected chi connectivity index (χ3v) is 7.35. The maximum Gasteiger partial charge on any atom is 0.405 e. The van der Waals surface area contributed by atoms with Crippen LogP contribution in [0.2, 0.25) is 0 Å². The molecule has 220 valence electrons. The van der Waals surface area contributed by atoms with Crippen LogP contribution < -0.4 is 5.73 Å². The summed E-state index contributed by atoms with van der Waals surface area (Å²) in [6.45, 7) is 9.14. The van der Waals surface area contributed by atoms with E-state index in [1.54, 1.807) is 39.4 Å². The minimum atomic E-state index is -0.904. The number of amides is 2. The highest BCUT2D eigenvalue weighted by molar-refractivity contribution is 6.52. The van der Waals surface area contributed by atoms with Gasteiger partial charge in [-0.05, 0) is 37.8 Å². The third kappa shape index (κ3) is 8.39. The summed E-state index contributed by atoms with van der Waals surface area (Å²) >= 11 is 0. The van der Waals surface area contributed by atoms with Gasteiger partial charge in [0.2, 0.25) is 5.78 Å². The average molecular weight is 559 g/mol. The van der Waals surface area contributed by atoms with E-state index in [-0.39, 0.29) is 46.8 Å². The molecule has 2 bridgehead atoms. The molecule has 2 rings (SSSR count). The van der Waals surface area contributed by atoms with Gasteiger partial charge < -0.3 is 24.7 Å². The van der Waals surface area contributed by atoms with Gasteiger partial charge in [-0.25, -0.2) is 9.79 Å². The van der Waals surface area contributed by atoms with Crippen molar-refractivity contribution < 1.29 is 38.1 Å². The molecule has 1 heterocycles. The number of aliphatic imine (C=N–C) groups is 1. The molecule has 2 amide bonds. The van der Waals surface area contributed by atoms with Crippen molar-refractivity contribution in [3.05, 3.63) is 47.1 Å². The van der Waals surface area contributed by atoms with Gasteiger partial charge >= 0.3 is 6.09 Å². The molecule has 0 saturated heterocycles. The number of rotatable bonds is 4. The summed E-state index contributed by atoms with van der Waals surface area (Å²) in [5.41, 5.74) is 6.45. The van der Waals surface area contributed by atoms with Crippen molar-refractivity contribution in [3.63, 3.8) is 0 Å². The highest BCUT2D eigenvalue weighted by Crippen LogP contribution is 2.30. The van der Waals surface area contributed by atoms with Gasteiger partial charge in [-0.1, -0.05) is 45.1 Å². The fraction of sp³-hybridized carbons (Fsp3) is 0.567. The lowest BCUT2D eigenvalue weighted by Gasteiger charge is -2.34. The van der Waals surface area contributed by atoms with Crippen LogP contribution in [0.15, 0.2) is 52.1 Å². The van der Waals surface area contributed by atoms with Crippen LogP contribution in [0.3, 0.4) is 0 Å². The maximum absolute atomic E-state index is 13.4. The Morgan fingerprint density at radius 1 is 0.975 bits per heavy atom. The fourth-order valence-corrected chi connectivity index (χ4v) is 5.33. The molecule has 0 radical (unpaired) electrons. The van der Waals surface area contributed by atoms with E-state index in [1.807, 2.05) is 33.8 Å². The average Bonchev–Trinajstić information content (AvgIpc) is 2.88. The number of methoxy groups -OCH3 is 3. The number of hydrogen-bond acceptors (Lipinski definition) is 8. The van der Waals surface area contributed by atoms with Crippen LogP contribution in [0.4, 0.5) is 4.79 Å². The highest BCUT2D eigenvalue weighted by Gasteiger charge is 2.37. The van der Waals surface area contributed by atoms with Crippen LogP contribution >= 0.6 is 0 Å². The van der Waals surface area contributed by atoms with Crippen LogP contribution in [0.25, 0.3) is 0 Å². The molecule has 0 fully saturated rings. The largest absolute Gasteiger partial charge is 0.441 e. The lowest BCUT2D eigenvalue weighted by molar-refractivity contribution is -0.118. The molecule has 0 unspecified atom stereocenters. The first-order valence-corrected chi connectivity index (χ1v) is 13.3. The number of ketones is 2. The topological polar surface area (TPSA) is 144 Å². The molecule has 7 atom stereocenters.